The molecule has 2 nitrogen and oxygen atoms in total. The molecular formula is C17H27BrO2. The second-order valence-corrected chi connectivity index (χ2v) is 8.14. The lowest BCUT2D eigenvalue weighted by molar-refractivity contribution is -0.150. The first-order chi connectivity index (χ1) is 9.40. The number of rotatable bonds is 6. The summed E-state index contributed by atoms with van der Waals surface area (Å²) < 4.78 is 6.12. The van der Waals surface area contributed by atoms with Crippen LogP contribution < -0.4 is 0 Å². The molecule has 0 amide bonds. The van der Waals surface area contributed by atoms with Gasteiger partial charge < -0.3 is 4.74 Å². The third-order valence-electron chi connectivity index (χ3n) is 4.98. The van der Waals surface area contributed by atoms with E-state index in [0.29, 0.717) is 23.1 Å². The maximum atomic E-state index is 12.6. The molecule has 2 bridgehead atoms. The van der Waals surface area contributed by atoms with Crippen LogP contribution >= 0.6 is 15.9 Å². The van der Waals surface area contributed by atoms with E-state index in [-0.39, 0.29) is 17.3 Å². The molecule has 3 aliphatic rings. The maximum Gasteiger partial charge on any atom is 0.173 e. The summed E-state index contributed by atoms with van der Waals surface area (Å²) in [6.45, 7) is 10.1. The van der Waals surface area contributed by atoms with Gasteiger partial charge in [0.2, 0.25) is 0 Å². The van der Waals surface area contributed by atoms with Gasteiger partial charge in [0.1, 0.15) is 0 Å². The molecule has 1 aliphatic carbocycles. The van der Waals surface area contributed by atoms with Crippen LogP contribution in [-0.4, -0.2) is 16.7 Å². The van der Waals surface area contributed by atoms with E-state index in [4.69, 9.17) is 4.74 Å². The standard InChI is InChI=1S/C17H27BrO2/c1-5-7-13(18)12-10-11-8-9-14(12)20-15(11)16(19)17(3,4)6-2/h11-14H,2,5-10H2,1,3-4H3. The van der Waals surface area contributed by atoms with Crippen molar-refractivity contribution in [3.05, 3.63) is 13.0 Å². The highest BCUT2D eigenvalue weighted by Crippen LogP contribution is 2.49. The Morgan fingerprint density at radius 3 is 2.70 bits per heavy atom. The van der Waals surface area contributed by atoms with E-state index in [1.807, 2.05) is 13.8 Å². The van der Waals surface area contributed by atoms with Crippen LogP contribution in [0.15, 0.2) is 0 Å². The van der Waals surface area contributed by atoms with Crippen LogP contribution in [0.3, 0.4) is 0 Å². The number of carbonyl (C=O) groups is 1. The van der Waals surface area contributed by atoms with Crippen LogP contribution in [0.4, 0.5) is 0 Å². The zero-order valence-electron chi connectivity index (χ0n) is 13.0. The van der Waals surface area contributed by atoms with Crippen molar-refractivity contribution < 1.29 is 9.53 Å². The third kappa shape index (κ3) is 3.14. The molecule has 2 radical (unpaired) electrons. The maximum absolute atomic E-state index is 12.6. The second kappa shape index (κ2) is 6.48. The number of halogens is 1. The molecule has 0 aromatic carbocycles. The van der Waals surface area contributed by atoms with Gasteiger partial charge in [0.05, 0.1) is 6.10 Å². The van der Waals surface area contributed by atoms with Crippen molar-refractivity contribution in [2.75, 3.05) is 0 Å². The largest absolute Gasteiger partial charge is 0.360 e. The molecule has 2 saturated heterocycles. The second-order valence-electron chi connectivity index (χ2n) is 6.96. The van der Waals surface area contributed by atoms with Crippen LogP contribution in [0.2, 0.25) is 0 Å². The first-order valence-corrected chi connectivity index (χ1v) is 8.84. The highest BCUT2D eigenvalue weighted by Gasteiger charge is 2.50. The topological polar surface area (TPSA) is 26.3 Å². The van der Waals surface area contributed by atoms with Crippen LogP contribution in [0.1, 0.15) is 59.3 Å². The number of carbonyl (C=O) groups excluding carboxylic acids is 1. The lowest BCUT2D eigenvalue weighted by atomic mass is 9.68. The monoisotopic (exact) mass is 342 g/mol. The van der Waals surface area contributed by atoms with Gasteiger partial charge in [-0.15, -0.1) is 0 Å². The summed E-state index contributed by atoms with van der Waals surface area (Å²) in [5.41, 5.74) is -0.389. The molecule has 1 saturated carbocycles. The van der Waals surface area contributed by atoms with Crippen molar-refractivity contribution in [2.24, 2.45) is 17.3 Å². The normalized spacial score (nSPS) is 32.4. The Morgan fingerprint density at radius 2 is 2.20 bits per heavy atom. The van der Waals surface area contributed by atoms with Gasteiger partial charge in [0.15, 0.2) is 11.9 Å². The molecule has 0 spiro atoms. The molecule has 114 valence electrons. The van der Waals surface area contributed by atoms with Gasteiger partial charge in [-0.2, -0.15) is 0 Å². The van der Waals surface area contributed by atoms with Crippen molar-refractivity contribution in [1.82, 2.24) is 0 Å². The van der Waals surface area contributed by atoms with Crippen LogP contribution in [0.5, 0.6) is 0 Å². The molecule has 2 heterocycles. The molecule has 3 rings (SSSR count). The van der Waals surface area contributed by atoms with Crippen molar-refractivity contribution in [3.63, 3.8) is 0 Å². The first kappa shape index (κ1) is 16.5. The summed E-state index contributed by atoms with van der Waals surface area (Å²) in [5, 5.41) is 0. The summed E-state index contributed by atoms with van der Waals surface area (Å²) >= 11 is 3.83. The zero-order chi connectivity index (χ0) is 14.9. The van der Waals surface area contributed by atoms with E-state index < -0.39 is 0 Å². The van der Waals surface area contributed by atoms with Crippen LogP contribution in [0, 0.1) is 30.3 Å². The molecule has 0 N–H and O–H groups in total. The smallest absolute Gasteiger partial charge is 0.173 e. The molecule has 2 aliphatic heterocycles. The SMILES string of the molecule is [CH2]CC(C)(C)C(=O)[C]1OC2CCC1CC2C(Br)CCC. The van der Waals surface area contributed by atoms with E-state index >= 15 is 0 Å². The van der Waals surface area contributed by atoms with E-state index in [9.17, 15) is 4.79 Å². The number of ketones is 1. The van der Waals surface area contributed by atoms with E-state index in [1.165, 1.54) is 12.8 Å². The molecule has 20 heavy (non-hydrogen) atoms. The van der Waals surface area contributed by atoms with Gasteiger partial charge in [0, 0.05) is 10.2 Å². The minimum Gasteiger partial charge on any atom is -0.360 e. The fourth-order valence-electron chi connectivity index (χ4n) is 3.38. The predicted octanol–water partition coefficient (Wildman–Crippen LogP) is 4.72. The molecule has 4 atom stereocenters. The lowest BCUT2D eigenvalue weighted by Gasteiger charge is -2.48. The Balaban J connectivity index is 2.05. The van der Waals surface area contributed by atoms with Gasteiger partial charge in [-0.05, 0) is 43.9 Å². The first-order valence-electron chi connectivity index (χ1n) is 7.92. The molecular weight excluding hydrogens is 316 g/mol. The summed E-state index contributed by atoms with van der Waals surface area (Å²) in [7, 11) is 0. The minimum atomic E-state index is -0.389. The average Bonchev–Trinajstić information content (AvgIpc) is 2.47. The highest BCUT2D eigenvalue weighted by atomic mass is 79.9. The summed E-state index contributed by atoms with van der Waals surface area (Å²) in [4.78, 5) is 13.2. The Labute approximate surface area is 132 Å². The number of alkyl halides is 1. The quantitative estimate of drug-likeness (QED) is 0.653. The molecule has 0 aromatic heterocycles. The number of fused-ring (bicyclic) bond motifs is 3. The highest BCUT2D eigenvalue weighted by molar-refractivity contribution is 9.09. The summed E-state index contributed by atoms with van der Waals surface area (Å²) in [5.74, 6) is 1.08. The molecule has 3 fully saturated rings. The van der Waals surface area contributed by atoms with Crippen molar-refractivity contribution in [2.45, 2.75) is 70.2 Å². The Hall–Kier alpha value is 0.110. The van der Waals surface area contributed by atoms with E-state index in [1.54, 1.807) is 0 Å². The number of ether oxygens (including phenoxy) is 1. The number of Topliss-reactive ketones (excluding diaryl/α,β-unsaturated/α-hetero) is 1. The molecule has 3 heteroatoms. The minimum absolute atomic E-state index is 0.183. The number of hydrogen-bond acceptors (Lipinski definition) is 2. The fraction of sp³-hybridized carbons (Fsp3) is 0.824. The van der Waals surface area contributed by atoms with E-state index in [0.717, 1.165) is 25.4 Å². The average molecular weight is 343 g/mol. The Bertz CT molecular complexity index is 353. The van der Waals surface area contributed by atoms with Gasteiger partial charge in [0.25, 0.3) is 0 Å². The van der Waals surface area contributed by atoms with Gasteiger partial charge in [-0.25, -0.2) is 0 Å². The third-order valence-corrected chi connectivity index (χ3v) is 6.11. The zero-order valence-corrected chi connectivity index (χ0v) is 14.5. The van der Waals surface area contributed by atoms with Gasteiger partial charge >= 0.3 is 0 Å². The van der Waals surface area contributed by atoms with Crippen molar-refractivity contribution in [1.29, 1.82) is 0 Å². The van der Waals surface area contributed by atoms with Gasteiger partial charge in [-0.3, -0.25) is 4.79 Å². The molecule has 4 unspecified atom stereocenters. The summed E-state index contributed by atoms with van der Waals surface area (Å²) in [6, 6.07) is 0. The summed E-state index contributed by atoms with van der Waals surface area (Å²) in [6.07, 6.45) is 7.30. The van der Waals surface area contributed by atoms with Crippen LogP contribution in [0.25, 0.3) is 0 Å². The Morgan fingerprint density at radius 1 is 1.50 bits per heavy atom. The van der Waals surface area contributed by atoms with Crippen molar-refractivity contribution >= 4 is 21.7 Å². The van der Waals surface area contributed by atoms with Crippen LogP contribution in [-0.2, 0) is 9.53 Å². The van der Waals surface area contributed by atoms with Crippen molar-refractivity contribution in [3.8, 4) is 0 Å². The van der Waals surface area contributed by atoms with Gasteiger partial charge in [-0.1, -0.05) is 50.0 Å². The number of hydrogen-bond donors (Lipinski definition) is 0. The predicted molar refractivity (Wildman–Crippen MR) is 85.3 cm³/mol. The lowest BCUT2D eigenvalue weighted by Crippen LogP contribution is -2.50. The Kier molecular flexibility index (Phi) is 5.34. The molecule has 0 aromatic rings. The fourth-order valence-corrected chi connectivity index (χ4v) is 4.39. The van der Waals surface area contributed by atoms with E-state index in [2.05, 4.69) is 29.8 Å².